The summed E-state index contributed by atoms with van der Waals surface area (Å²) in [5.74, 6) is 2.76. The minimum absolute atomic E-state index is 0.667. The zero-order valence-corrected chi connectivity index (χ0v) is 17.6. The van der Waals surface area contributed by atoms with Gasteiger partial charge in [0.1, 0.15) is 11.6 Å². The van der Waals surface area contributed by atoms with Crippen molar-refractivity contribution in [2.75, 3.05) is 51.9 Å². The van der Waals surface area contributed by atoms with Crippen LogP contribution in [0.15, 0.2) is 47.6 Å². The van der Waals surface area contributed by atoms with E-state index in [-0.39, 0.29) is 0 Å². The summed E-state index contributed by atoms with van der Waals surface area (Å²) >= 11 is 0. The number of pyridine rings is 1. The molecule has 156 valence electrons. The monoisotopic (exact) mass is 397 g/mol. The van der Waals surface area contributed by atoms with Crippen LogP contribution in [0.25, 0.3) is 0 Å². The van der Waals surface area contributed by atoms with Gasteiger partial charge < -0.3 is 24.6 Å². The Bertz CT molecular complexity index is 788. The lowest BCUT2D eigenvalue weighted by atomic mass is 10.2. The van der Waals surface area contributed by atoms with Gasteiger partial charge in [-0.05, 0) is 30.7 Å². The average molecular weight is 398 g/mol. The molecule has 0 spiro atoms. The van der Waals surface area contributed by atoms with Crippen molar-refractivity contribution in [3.8, 4) is 5.75 Å². The van der Waals surface area contributed by atoms with Crippen LogP contribution in [0.5, 0.6) is 5.75 Å². The Balaban J connectivity index is 1.60. The highest BCUT2D eigenvalue weighted by molar-refractivity contribution is 5.79. The molecule has 29 heavy (non-hydrogen) atoms. The molecule has 1 N–H and O–H groups in total. The average Bonchev–Trinajstić information content (AvgIpc) is 2.76. The second kappa shape index (κ2) is 10.7. The van der Waals surface area contributed by atoms with Crippen molar-refractivity contribution >= 4 is 11.8 Å². The van der Waals surface area contributed by atoms with E-state index in [2.05, 4.69) is 43.3 Å². The first kappa shape index (κ1) is 20.9. The normalized spacial score (nSPS) is 14.6. The summed E-state index contributed by atoms with van der Waals surface area (Å²) in [5, 5.41) is 3.47. The van der Waals surface area contributed by atoms with Crippen LogP contribution in [-0.2, 0) is 17.8 Å². The molecule has 0 unspecified atom stereocenters. The fourth-order valence-corrected chi connectivity index (χ4v) is 3.39. The topological polar surface area (TPSA) is 62.2 Å². The van der Waals surface area contributed by atoms with Crippen LogP contribution in [0.1, 0.15) is 18.1 Å². The largest absolute Gasteiger partial charge is 0.494 e. The number of guanidine groups is 1. The van der Waals surface area contributed by atoms with E-state index in [1.807, 2.05) is 45.4 Å². The van der Waals surface area contributed by atoms with E-state index >= 15 is 0 Å². The first-order chi connectivity index (χ1) is 14.2. The number of aliphatic imine (C=N–C) groups is 1. The van der Waals surface area contributed by atoms with Crippen LogP contribution < -0.4 is 15.0 Å². The zero-order valence-electron chi connectivity index (χ0n) is 17.6. The number of ether oxygens (including phenoxy) is 2. The summed E-state index contributed by atoms with van der Waals surface area (Å²) in [7, 11) is 3.85. The molecule has 1 fully saturated rings. The van der Waals surface area contributed by atoms with Crippen molar-refractivity contribution in [2.24, 2.45) is 4.99 Å². The van der Waals surface area contributed by atoms with Gasteiger partial charge in [-0.25, -0.2) is 4.98 Å². The summed E-state index contributed by atoms with van der Waals surface area (Å²) in [4.78, 5) is 13.4. The molecular weight excluding hydrogens is 366 g/mol. The Morgan fingerprint density at radius 2 is 2.00 bits per heavy atom. The van der Waals surface area contributed by atoms with Gasteiger partial charge in [0.2, 0.25) is 0 Å². The predicted molar refractivity (Wildman–Crippen MR) is 117 cm³/mol. The fourth-order valence-electron chi connectivity index (χ4n) is 3.39. The van der Waals surface area contributed by atoms with Crippen LogP contribution in [0, 0.1) is 0 Å². The maximum atomic E-state index is 5.52. The maximum absolute atomic E-state index is 5.52. The minimum atomic E-state index is 0.667. The highest BCUT2D eigenvalue weighted by Gasteiger charge is 2.16. The third kappa shape index (κ3) is 5.84. The standard InChI is InChI=1S/C22H31N5O2/c1-4-29-20-9-7-18(8-10-20)17-26(3)22(23-2)25-16-19-6-5-11-24-21(19)27-12-14-28-15-13-27/h5-11H,4,12-17H2,1-3H3,(H,23,25). The quantitative estimate of drug-likeness (QED) is 0.572. The van der Waals surface area contributed by atoms with Gasteiger partial charge in [0.15, 0.2) is 5.96 Å². The van der Waals surface area contributed by atoms with Crippen molar-refractivity contribution in [1.82, 2.24) is 15.2 Å². The molecule has 0 atom stereocenters. The molecule has 1 aliphatic rings. The van der Waals surface area contributed by atoms with Crippen LogP contribution in [0.2, 0.25) is 0 Å². The molecule has 7 nitrogen and oxygen atoms in total. The van der Waals surface area contributed by atoms with Gasteiger partial charge >= 0.3 is 0 Å². The lowest BCUT2D eigenvalue weighted by Gasteiger charge is -2.30. The lowest BCUT2D eigenvalue weighted by molar-refractivity contribution is 0.122. The molecule has 0 amide bonds. The van der Waals surface area contributed by atoms with Crippen molar-refractivity contribution in [1.29, 1.82) is 0 Å². The number of rotatable bonds is 7. The predicted octanol–water partition coefficient (Wildman–Crippen LogP) is 2.52. The highest BCUT2D eigenvalue weighted by atomic mass is 16.5. The molecule has 1 aliphatic heterocycles. The molecule has 0 radical (unpaired) electrons. The van der Waals surface area contributed by atoms with Crippen molar-refractivity contribution < 1.29 is 9.47 Å². The van der Waals surface area contributed by atoms with Gasteiger partial charge in [0, 0.05) is 52.0 Å². The van der Waals surface area contributed by atoms with Crippen LogP contribution in [0.4, 0.5) is 5.82 Å². The molecule has 0 bridgehead atoms. The number of hydrogen-bond donors (Lipinski definition) is 1. The van der Waals surface area contributed by atoms with E-state index in [0.717, 1.165) is 55.9 Å². The summed E-state index contributed by atoms with van der Waals surface area (Å²) in [6.07, 6.45) is 1.85. The Morgan fingerprint density at radius 1 is 1.24 bits per heavy atom. The van der Waals surface area contributed by atoms with Crippen molar-refractivity contribution in [3.05, 3.63) is 53.7 Å². The number of benzene rings is 1. The molecule has 7 heteroatoms. The summed E-state index contributed by atoms with van der Waals surface area (Å²) in [5.41, 5.74) is 2.36. The molecule has 1 aromatic carbocycles. The fraction of sp³-hybridized carbons (Fsp3) is 0.455. The number of hydrogen-bond acceptors (Lipinski definition) is 5. The Kier molecular flexibility index (Phi) is 7.69. The smallest absolute Gasteiger partial charge is 0.193 e. The maximum Gasteiger partial charge on any atom is 0.193 e. The van der Waals surface area contributed by atoms with Crippen LogP contribution in [0.3, 0.4) is 0 Å². The van der Waals surface area contributed by atoms with Gasteiger partial charge in [-0.2, -0.15) is 0 Å². The second-order valence-electron chi connectivity index (χ2n) is 6.92. The van der Waals surface area contributed by atoms with E-state index < -0.39 is 0 Å². The number of morpholine rings is 1. The third-order valence-corrected chi connectivity index (χ3v) is 4.84. The highest BCUT2D eigenvalue weighted by Crippen LogP contribution is 2.18. The zero-order chi connectivity index (χ0) is 20.5. The molecule has 0 aliphatic carbocycles. The number of nitrogens with zero attached hydrogens (tertiary/aromatic N) is 4. The Hall–Kier alpha value is -2.80. The van der Waals surface area contributed by atoms with Gasteiger partial charge in [0.05, 0.1) is 19.8 Å². The van der Waals surface area contributed by atoms with Gasteiger partial charge in [-0.1, -0.05) is 18.2 Å². The molecule has 1 saturated heterocycles. The molecule has 2 aromatic rings. The van der Waals surface area contributed by atoms with Crippen LogP contribution >= 0.6 is 0 Å². The first-order valence-corrected chi connectivity index (χ1v) is 10.1. The summed E-state index contributed by atoms with van der Waals surface area (Å²) in [6, 6.07) is 12.3. The Labute approximate surface area is 173 Å². The van der Waals surface area contributed by atoms with E-state index in [9.17, 15) is 0 Å². The van der Waals surface area contributed by atoms with E-state index in [4.69, 9.17) is 9.47 Å². The van der Waals surface area contributed by atoms with Gasteiger partial charge in [-0.15, -0.1) is 0 Å². The van der Waals surface area contributed by atoms with E-state index in [1.54, 1.807) is 0 Å². The molecule has 3 rings (SSSR count). The van der Waals surface area contributed by atoms with Gasteiger partial charge in [0.25, 0.3) is 0 Å². The summed E-state index contributed by atoms with van der Waals surface area (Å²) < 4.78 is 11.0. The molecule has 2 heterocycles. The van der Waals surface area contributed by atoms with Gasteiger partial charge in [-0.3, -0.25) is 4.99 Å². The minimum Gasteiger partial charge on any atom is -0.494 e. The summed E-state index contributed by atoms with van der Waals surface area (Å²) in [6.45, 7) is 7.33. The van der Waals surface area contributed by atoms with Crippen molar-refractivity contribution in [2.45, 2.75) is 20.0 Å². The SMILES string of the molecule is CCOc1ccc(CN(C)C(=NC)NCc2cccnc2N2CCOCC2)cc1. The number of anilines is 1. The van der Waals surface area contributed by atoms with Crippen LogP contribution in [-0.4, -0.2) is 62.8 Å². The van der Waals surface area contributed by atoms with Crippen molar-refractivity contribution in [3.63, 3.8) is 0 Å². The molecule has 1 aromatic heterocycles. The number of nitrogens with one attached hydrogen (secondary N) is 1. The molecule has 0 saturated carbocycles. The molecular formula is C22H31N5O2. The second-order valence-corrected chi connectivity index (χ2v) is 6.92. The third-order valence-electron chi connectivity index (χ3n) is 4.84. The van der Waals surface area contributed by atoms with E-state index in [0.29, 0.717) is 13.2 Å². The number of aromatic nitrogens is 1. The van der Waals surface area contributed by atoms with E-state index in [1.165, 1.54) is 5.56 Å². The first-order valence-electron chi connectivity index (χ1n) is 10.1. The Morgan fingerprint density at radius 3 is 2.69 bits per heavy atom. The lowest BCUT2D eigenvalue weighted by Crippen LogP contribution is -2.40.